The molecule has 25 heavy (non-hydrogen) atoms. The van der Waals surface area contributed by atoms with Gasteiger partial charge in [-0.05, 0) is 74.4 Å². The average molecular weight is 409 g/mol. The zero-order valence-electron chi connectivity index (χ0n) is 18.1. The third-order valence-electron chi connectivity index (χ3n) is 4.28. The molecular formula is C20H22BrFN2O. The summed E-state index contributed by atoms with van der Waals surface area (Å²) in [4.78, 5) is 2.00. The maximum Gasteiger partial charge on any atom is 0.123 e. The van der Waals surface area contributed by atoms with E-state index >= 15 is 0 Å². The molecule has 0 radical (unpaired) electrons. The summed E-state index contributed by atoms with van der Waals surface area (Å²) < 4.78 is 52.7. The number of ether oxygens (including phenoxy) is 1. The number of benzene rings is 2. The second kappa shape index (κ2) is 8.09. The molecule has 3 rings (SSSR count). The van der Waals surface area contributed by atoms with Gasteiger partial charge in [-0.1, -0.05) is 18.2 Å². The van der Waals surface area contributed by atoms with Crippen molar-refractivity contribution in [2.75, 3.05) is 20.6 Å². The number of nitrogens with zero attached hydrogens (tertiary/aromatic N) is 2. The second-order valence-electron chi connectivity index (χ2n) is 6.20. The SMILES string of the molecule is Br.[2H]c1c([2H])c(C2(CCCN(C)C)OCc3cc(C#N)ccc32)c([2H])c([2H])c1F. The van der Waals surface area contributed by atoms with Gasteiger partial charge in [-0.15, -0.1) is 17.0 Å². The van der Waals surface area contributed by atoms with Gasteiger partial charge in [-0.2, -0.15) is 5.26 Å². The van der Waals surface area contributed by atoms with E-state index < -0.39 is 35.6 Å². The Labute approximate surface area is 164 Å². The van der Waals surface area contributed by atoms with Crippen molar-refractivity contribution < 1.29 is 14.6 Å². The Bertz CT molecular complexity index is 951. The van der Waals surface area contributed by atoms with Crippen LogP contribution in [0.2, 0.25) is 0 Å². The van der Waals surface area contributed by atoms with Gasteiger partial charge in [-0.25, -0.2) is 4.39 Å². The topological polar surface area (TPSA) is 36.3 Å². The van der Waals surface area contributed by atoms with Crippen LogP contribution in [0.1, 0.15) is 40.6 Å². The molecule has 1 aliphatic heterocycles. The van der Waals surface area contributed by atoms with Gasteiger partial charge >= 0.3 is 0 Å². The summed E-state index contributed by atoms with van der Waals surface area (Å²) in [5, 5.41) is 9.16. The number of rotatable bonds is 5. The smallest absolute Gasteiger partial charge is 0.123 e. The Morgan fingerprint density at radius 2 is 2.04 bits per heavy atom. The zero-order valence-corrected chi connectivity index (χ0v) is 15.9. The predicted molar refractivity (Wildman–Crippen MR) is 101 cm³/mol. The lowest BCUT2D eigenvalue weighted by Crippen LogP contribution is -2.28. The van der Waals surface area contributed by atoms with E-state index in [4.69, 9.17) is 15.5 Å². The van der Waals surface area contributed by atoms with Crippen LogP contribution in [0.3, 0.4) is 0 Å². The van der Waals surface area contributed by atoms with E-state index in [1.807, 2.05) is 19.0 Å². The molecule has 0 saturated carbocycles. The molecule has 0 N–H and O–H groups in total. The highest BCUT2D eigenvalue weighted by Crippen LogP contribution is 2.45. The van der Waals surface area contributed by atoms with Gasteiger partial charge in [-0.3, -0.25) is 0 Å². The largest absolute Gasteiger partial charge is 0.361 e. The Morgan fingerprint density at radius 1 is 1.32 bits per heavy atom. The molecule has 1 atom stereocenters. The molecule has 0 aliphatic carbocycles. The third kappa shape index (κ3) is 3.92. The van der Waals surface area contributed by atoms with E-state index in [1.54, 1.807) is 18.2 Å². The molecule has 0 saturated heterocycles. The molecule has 5 heteroatoms. The van der Waals surface area contributed by atoms with Crippen molar-refractivity contribution in [3.05, 3.63) is 70.4 Å². The van der Waals surface area contributed by atoms with E-state index in [2.05, 4.69) is 6.07 Å². The highest BCUT2D eigenvalue weighted by molar-refractivity contribution is 8.93. The minimum Gasteiger partial charge on any atom is -0.361 e. The Morgan fingerprint density at radius 3 is 2.68 bits per heavy atom. The summed E-state index contributed by atoms with van der Waals surface area (Å²) in [7, 11) is 3.87. The average Bonchev–Trinajstić information content (AvgIpc) is 3.03. The van der Waals surface area contributed by atoms with Crippen molar-refractivity contribution in [1.29, 1.82) is 5.26 Å². The number of nitriles is 1. The van der Waals surface area contributed by atoms with Crippen LogP contribution in [0, 0.1) is 17.1 Å². The first-order chi connectivity index (χ1) is 13.2. The standard InChI is InChI=1S/C20H21FN2O.BrH/c1-23(2)11-3-10-20(17-5-7-18(21)8-6-17)19-9-4-15(13-22)12-16(19)14-24-20;/h4-9,12H,3,10-11,14H2,1-2H3;1H/i5D,6D,7D,8D;. The molecule has 0 fully saturated rings. The maximum absolute atomic E-state index is 14.1. The minimum atomic E-state index is -1.22. The Balaban J connectivity index is 0.00000300. The third-order valence-corrected chi connectivity index (χ3v) is 4.28. The van der Waals surface area contributed by atoms with Gasteiger partial charge in [0, 0.05) is 0 Å². The van der Waals surface area contributed by atoms with Crippen LogP contribution < -0.4 is 0 Å². The summed E-state index contributed by atoms with van der Waals surface area (Å²) in [5.74, 6) is -1.17. The molecule has 1 unspecified atom stereocenters. The Kier molecular flexibility index (Phi) is 4.67. The van der Waals surface area contributed by atoms with E-state index in [9.17, 15) is 4.39 Å². The molecule has 3 nitrogen and oxygen atoms in total. The normalized spacial score (nSPS) is 20.8. The predicted octanol–water partition coefficient (Wildman–Crippen LogP) is 4.39. The number of hydrogen-bond acceptors (Lipinski definition) is 3. The van der Waals surface area contributed by atoms with Crippen LogP contribution >= 0.6 is 17.0 Å². The molecule has 2 aromatic rings. The van der Waals surface area contributed by atoms with Gasteiger partial charge in [0.1, 0.15) is 11.4 Å². The lowest BCUT2D eigenvalue weighted by Gasteiger charge is -2.31. The van der Waals surface area contributed by atoms with Crippen LogP contribution in [-0.2, 0) is 16.9 Å². The van der Waals surface area contributed by atoms with Crippen molar-refractivity contribution >= 4 is 17.0 Å². The molecule has 1 heterocycles. The van der Waals surface area contributed by atoms with Crippen molar-refractivity contribution in [2.45, 2.75) is 25.0 Å². The van der Waals surface area contributed by atoms with Crippen molar-refractivity contribution in [3.63, 3.8) is 0 Å². The van der Waals surface area contributed by atoms with E-state index in [0.29, 0.717) is 24.0 Å². The van der Waals surface area contributed by atoms with E-state index in [0.717, 1.165) is 12.1 Å². The Hall–Kier alpha value is -1.74. The first-order valence-corrected chi connectivity index (χ1v) is 7.81. The van der Waals surface area contributed by atoms with Crippen molar-refractivity contribution in [1.82, 2.24) is 4.90 Å². The minimum absolute atomic E-state index is 0. The second-order valence-corrected chi connectivity index (χ2v) is 6.20. The summed E-state index contributed by atoms with van der Waals surface area (Å²) in [6.45, 7) is 0.920. The molecule has 0 spiro atoms. The van der Waals surface area contributed by atoms with Crippen molar-refractivity contribution in [3.8, 4) is 6.07 Å². The molecule has 0 aromatic heterocycles. The number of halogens is 2. The molecule has 0 amide bonds. The molecule has 2 aromatic carbocycles. The van der Waals surface area contributed by atoms with Gasteiger partial charge in [0.15, 0.2) is 0 Å². The summed E-state index contributed by atoms with van der Waals surface area (Å²) >= 11 is 0. The van der Waals surface area contributed by atoms with Gasteiger partial charge in [0.05, 0.1) is 23.7 Å². The van der Waals surface area contributed by atoms with Crippen molar-refractivity contribution in [2.24, 2.45) is 0 Å². The van der Waals surface area contributed by atoms with Gasteiger partial charge in [0.25, 0.3) is 0 Å². The quantitative estimate of drug-likeness (QED) is 0.735. The first kappa shape index (κ1) is 14.4. The summed E-state index contributed by atoms with van der Waals surface area (Å²) in [6, 6.07) is 4.92. The summed E-state index contributed by atoms with van der Waals surface area (Å²) in [5.41, 5.74) is 0.784. The highest BCUT2D eigenvalue weighted by atomic mass is 79.9. The first-order valence-electron chi connectivity index (χ1n) is 9.81. The molecular weight excluding hydrogens is 383 g/mol. The van der Waals surface area contributed by atoms with Crippen LogP contribution in [0.4, 0.5) is 4.39 Å². The number of fused-ring (bicyclic) bond motifs is 1. The lowest BCUT2D eigenvalue weighted by atomic mass is 9.81. The molecule has 0 bridgehead atoms. The molecule has 1 aliphatic rings. The highest BCUT2D eigenvalue weighted by Gasteiger charge is 2.41. The zero-order chi connectivity index (χ0) is 20.6. The van der Waals surface area contributed by atoms with Crippen LogP contribution in [0.15, 0.2) is 42.4 Å². The summed E-state index contributed by atoms with van der Waals surface area (Å²) in [6.07, 6.45) is 1.08. The van der Waals surface area contributed by atoms with Crippen LogP contribution in [-0.4, -0.2) is 25.5 Å². The van der Waals surface area contributed by atoms with Gasteiger partial charge < -0.3 is 9.64 Å². The fourth-order valence-corrected chi connectivity index (χ4v) is 3.14. The monoisotopic (exact) mass is 408 g/mol. The fourth-order valence-electron chi connectivity index (χ4n) is 3.14. The maximum atomic E-state index is 14.1. The molecule has 132 valence electrons. The van der Waals surface area contributed by atoms with Crippen LogP contribution in [0.5, 0.6) is 0 Å². The van der Waals surface area contributed by atoms with E-state index in [1.165, 1.54) is 0 Å². The fraction of sp³-hybridized carbons (Fsp3) is 0.350. The van der Waals surface area contributed by atoms with E-state index in [-0.39, 0.29) is 29.2 Å². The van der Waals surface area contributed by atoms with Crippen LogP contribution in [0.25, 0.3) is 0 Å². The lowest BCUT2D eigenvalue weighted by molar-refractivity contribution is -0.0140. The van der Waals surface area contributed by atoms with Gasteiger partial charge in [0.2, 0.25) is 0 Å². The number of hydrogen-bond donors (Lipinski definition) is 0.